The maximum Gasteiger partial charge on any atom is 0.234 e. The first-order valence-electron chi connectivity index (χ1n) is 5.48. The number of hydrogen-bond acceptors (Lipinski definition) is 2. The van der Waals surface area contributed by atoms with Gasteiger partial charge in [0.15, 0.2) is 0 Å². The molecule has 0 aromatic heterocycles. The molecular formula is C13H18FNOS. The monoisotopic (exact) mass is 255 g/mol. The van der Waals surface area contributed by atoms with Crippen molar-refractivity contribution in [1.82, 2.24) is 0 Å². The van der Waals surface area contributed by atoms with Crippen LogP contribution in [0.15, 0.2) is 18.2 Å². The van der Waals surface area contributed by atoms with E-state index in [2.05, 4.69) is 5.32 Å². The predicted octanol–water partition coefficient (Wildman–Crippen LogP) is 3.60. The molecule has 1 rings (SSSR count). The van der Waals surface area contributed by atoms with Gasteiger partial charge >= 0.3 is 0 Å². The molecule has 2 nitrogen and oxygen atoms in total. The molecule has 1 N–H and O–H groups in total. The Labute approximate surface area is 106 Å². The number of carbonyl (C=O) groups excluding carboxylic acids is 1. The Morgan fingerprint density at radius 1 is 1.41 bits per heavy atom. The van der Waals surface area contributed by atoms with Crippen LogP contribution in [0.1, 0.15) is 26.3 Å². The summed E-state index contributed by atoms with van der Waals surface area (Å²) in [6.45, 7) is 7.98. The number of benzene rings is 1. The van der Waals surface area contributed by atoms with Crippen LogP contribution in [0.5, 0.6) is 0 Å². The van der Waals surface area contributed by atoms with E-state index in [1.165, 1.54) is 17.8 Å². The second kappa shape index (κ2) is 5.54. The number of nitrogens with one attached hydrogen (secondary N) is 1. The third-order valence-electron chi connectivity index (χ3n) is 2.03. The molecule has 1 aromatic carbocycles. The van der Waals surface area contributed by atoms with Crippen molar-refractivity contribution in [1.29, 1.82) is 0 Å². The van der Waals surface area contributed by atoms with Crippen molar-refractivity contribution in [3.05, 3.63) is 29.6 Å². The summed E-state index contributed by atoms with van der Waals surface area (Å²) >= 11 is 1.54. The Morgan fingerprint density at radius 2 is 2.06 bits per heavy atom. The number of rotatable bonds is 3. The number of halogens is 1. The first kappa shape index (κ1) is 14.0. The second-order valence-corrected chi connectivity index (χ2v) is 6.73. The quantitative estimate of drug-likeness (QED) is 0.894. The van der Waals surface area contributed by atoms with E-state index >= 15 is 0 Å². The zero-order valence-electron chi connectivity index (χ0n) is 10.6. The van der Waals surface area contributed by atoms with E-state index in [1.807, 2.05) is 27.7 Å². The van der Waals surface area contributed by atoms with Crippen LogP contribution in [0.3, 0.4) is 0 Å². The molecule has 0 spiro atoms. The van der Waals surface area contributed by atoms with Gasteiger partial charge < -0.3 is 5.32 Å². The third-order valence-corrected chi connectivity index (χ3v) is 3.30. The molecule has 0 aliphatic rings. The van der Waals surface area contributed by atoms with Gasteiger partial charge in [0.05, 0.1) is 11.4 Å². The maximum absolute atomic E-state index is 13.4. The van der Waals surface area contributed by atoms with E-state index in [0.717, 1.165) is 5.56 Å². The zero-order chi connectivity index (χ0) is 13.1. The molecule has 0 saturated carbocycles. The first-order valence-corrected chi connectivity index (χ1v) is 6.46. The van der Waals surface area contributed by atoms with Crippen molar-refractivity contribution in [2.45, 2.75) is 32.4 Å². The van der Waals surface area contributed by atoms with Gasteiger partial charge in [-0.25, -0.2) is 4.39 Å². The minimum absolute atomic E-state index is 0.0302. The average molecular weight is 255 g/mol. The van der Waals surface area contributed by atoms with Gasteiger partial charge in [0.2, 0.25) is 5.91 Å². The molecule has 94 valence electrons. The molecule has 0 aliphatic heterocycles. The van der Waals surface area contributed by atoms with E-state index in [1.54, 1.807) is 12.1 Å². The summed E-state index contributed by atoms with van der Waals surface area (Å²) in [6.07, 6.45) is 0. The molecule has 4 heteroatoms. The Hall–Kier alpha value is -1.03. The number of thioether (sulfide) groups is 1. The number of amides is 1. The predicted molar refractivity (Wildman–Crippen MR) is 72.0 cm³/mol. The van der Waals surface area contributed by atoms with Crippen molar-refractivity contribution >= 4 is 23.4 Å². The Balaban J connectivity index is 2.59. The van der Waals surface area contributed by atoms with Crippen molar-refractivity contribution < 1.29 is 9.18 Å². The number of hydrogen-bond donors (Lipinski definition) is 1. The lowest BCUT2D eigenvalue weighted by Crippen LogP contribution is -2.19. The van der Waals surface area contributed by atoms with E-state index in [0.29, 0.717) is 5.75 Å². The van der Waals surface area contributed by atoms with Crippen LogP contribution in [-0.4, -0.2) is 16.4 Å². The van der Waals surface area contributed by atoms with Crippen molar-refractivity contribution in [3.63, 3.8) is 0 Å². The van der Waals surface area contributed by atoms with Crippen LogP contribution in [0.25, 0.3) is 0 Å². The highest BCUT2D eigenvalue weighted by Crippen LogP contribution is 2.23. The highest BCUT2D eigenvalue weighted by molar-refractivity contribution is 8.01. The SMILES string of the molecule is Cc1ccc(F)c(NC(=O)CSC(C)(C)C)c1. The Morgan fingerprint density at radius 3 is 2.65 bits per heavy atom. The largest absolute Gasteiger partial charge is 0.323 e. The lowest BCUT2D eigenvalue weighted by atomic mass is 10.2. The molecule has 0 heterocycles. The van der Waals surface area contributed by atoms with Crippen LogP contribution >= 0.6 is 11.8 Å². The number of carbonyl (C=O) groups is 1. The maximum atomic E-state index is 13.4. The van der Waals surface area contributed by atoms with Crippen molar-refractivity contribution in [2.75, 3.05) is 11.1 Å². The minimum Gasteiger partial charge on any atom is -0.323 e. The lowest BCUT2D eigenvalue weighted by Gasteiger charge is -2.17. The smallest absolute Gasteiger partial charge is 0.234 e. The summed E-state index contributed by atoms with van der Waals surface area (Å²) in [5, 5.41) is 2.59. The van der Waals surface area contributed by atoms with Gasteiger partial charge in [-0.15, -0.1) is 11.8 Å². The summed E-state index contributed by atoms with van der Waals surface area (Å²) in [5.41, 5.74) is 1.18. The highest BCUT2D eigenvalue weighted by Gasteiger charge is 2.14. The Bertz CT molecular complexity index is 412. The topological polar surface area (TPSA) is 29.1 Å². The van der Waals surface area contributed by atoms with E-state index in [-0.39, 0.29) is 16.3 Å². The molecule has 0 saturated heterocycles. The molecule has 0 atom stereocenters. The van der Waals surface area contributed by atoms with Crippen LogP contribution in [0.4, 0.5) is 10.1 Å². The Kier molecular flexibility index (Phi) is 4.57. The second-order valence-electron chi connectivity index (χ2n) is 4.93. The van der Waals surface area contributed by atoms with Gasteiger partial charge in [0.25, 0.3) is 0 Å². The molecule has 0 bridgehead atoms. The van der Waals surface area contributed by atoms with E-state index < -0.39 is 5.82 Å². The van der Waals surface area contributed by atoms with Gasteiger partial charge in [-0.3, -0.25) is 4.79 Å². The van der Waals surface area contributed by atoms with E-state index in [9.17, 15) is 9.18 Å². The average Bonchev–Trinajstić information content (AvgIpc) is 2.20. The first-order chi connectivity index (χ1) is 7.78. The molecule has 1 aromatic rings. The molecule has 1 amide bonds. The number of anilines is 1. The van der Waals surface area contributed by atoms with Crippen LogP contribution in [0, 0.1) is 12.7 Å². The summed E-state index contributed by atoms with van der Waals surface area (Å²) in [4.78, 5) is 11.6. The molecule has 0 unspecified atom stereocenters. The van der Waals surface area contributed by atoms with Crippen LogP contribution in [-0.2, 0) is 4.79 Å². The summed E-state index contributed by atoms with van der Waals surface area (Å²) in [7, 11) is 0. The van der Waals surface area contributed by atoms with Gasteiger partial charge in [-0.1, -0.05) is 26.8 Å². The summed E-state index contributed by atoms with van der Waals surface area (Å²) in [6, 6.07) is 4.67. The van der Waals surface area contributed by atoms with Gasteiger partial charge in [-0.2, -0.15) is 0 Å². The lowest BCUT2D eigenvalue weighted by molar-refractivity contribution is -0.113. The van der Waals surface area contributed by atoms with Crippen LogP contribution in [0.2, 0.25) is 0 Å². The molecule has 0 radical (unpaired) electrons. The van der Waals surface area contributed by atoms with Crippen LogP contribution < -0.4 is 5.32 Å². The highest BCUT2D eigenvalue weighted by atomic mass is 32.2. The molecule has 0 aliphatic carbocycles. The fourth-order valence-electron chi connectivity index (χ4n) is 1.20. The van der Waals surface area contributed by atoms with Gasteiger partial charge in [0.1, 0.15) is 5.82 Å². The summed E-state index contributed by atoms with van der Waals surface area (Å²) < 4.78 is 13.4. The van der Waals surface area contributed by atoms with Gasteiger partial charge in [-0.05, 0) is 24.6 Å². The molecular weight excluding hydrogens is 237 g/mol. The van der Waals surface area contributed by atoms with Crippen molar-refractivity contribution in [2.24, 2.45) is 0 Å². The standard InChI is InChI=1S/C13H18FNOS/c1-9-5-6-10(14)11(7-9)15-12(16)8-17-13(2,3)4/h5-7H,8H2,1-4H3,(H,15,16). The van der Waals surface area contributed by atoms with Crippen molar-refractivity contribution in [3.8, 4) is 0 Å². The minimum atomic E-state index is -0.398. The summed E-state index contributed by atoms with van der Waals surface area (Å²) in [5.74, 6) is -0.240. The molecule has 0 fully saturated rings. The fourth-order valence-corrected chi connectivity index (χ4v) is 1.84. The molecule has 17 heavy (non-hydrogen) atoms. The van der Waals surface area contributed by atoms with Gasteiger partial charge in [0, 0.05) is 4.75 Å². The third kappa shape index (κ3) is 5.22. The number of aryl methyl sites for hydroxylation is 1. The fraction of sp³-hybridized carbons (Fsp3) is 0.462. The normalized spacial score (nSPS) is 11.4. The zero-order valence-corrected chi connectivity index (χ0v) is 11.5. The van der Waals surface area contributed by atoms with E-state index in [4.69, 9.17) is 0 Å².